The van der Waals surface area contributed by atoms with Crippen molar-refractivity contribution in [3.63, 3.8) is 0 Å². The summed E-state index contributed by atoms with van der Waals surface area (Å²) in [5.41, 5.74) is 4.96. The predicted octanol–water partition coefficient (Wildman–Crippen LogP) is 4.51. The van der Waals surface area contributed by atoms with Crippen molar-refractivity contribution in [2.45, 2.75) is 12.8 Å². The molecule has 6 nitrogen and oxygen atoms in total. The van der Waals surface area contributed by atoms with Crippen LogP contribution in [0.15, 0.2) is 47.6 Å². The van der Waals surface area contributed by atoms with E-state index in [-0.39, 0.29) is 0 Å². The summed E-state index contributed by atoms with van der Waals surface area (Å²) in [7, 11) is 1.67. The van der Waals surface area contributed by atoms with Gasteiger partial charge < -0.3 is 10.1 Å². The molecule has 0 unspecified atom stereocenters. The van der Waals surface area contributed by atoms with E-state index >= 15 is 0 Å². The highest BCUT2D eigenvalue weighted by Gasteiger charge is 2.14. The lowest BCUT2D eigenvalue weighted by Crippen LogP contribution is -1.99. The van der Waals surface area contributed by atoms with Crippen molar-refractivity contribution in [1.82, 2.24) is 15.2 Å². The molecule has 5 rings (SSSR count). The van der Waals surface area contributed by atoms with E-state index in [1.54, 1.807) is 7.11 Å². The highest BCUT2D eigenvalue weighted by molar-refractivity contribution is 6.11. The number of fused-ring (bicyclic) bond motifs is 4. The van der Waals surface area contributed by atoms with Gasteiger partial charge in [0.1, 0.15) is 11.3 Å². The fourth-order valence-electron chi connectivity index (χ4n) is 3.47. The summed E-state index contributed by atoms with van der Waals surface area (Å²) in [5.74, 6) is 1.52. The average molecular weight is 343 g/mol. The van der Waals surface area contributed by atoms with Gasteiger partial charge in [0, 0.05) is 17.3 Å². The van der Waals surface area contributed by atoms with Crippen LogP contribution in [-0.4, -0.2) is 28.5 Å². The van der Waals surface area contributed by atoms with Crippen molar-refractivity contribution in [3.8, 4) is 5.75 Å². The Kier molecular flexibility index (Phi) is 3.35. The summed E-state index contributed by atoms with van der Waals surface area (Å²) < 4.78 is 5.51. The first-order chi connectivity index (χ1) is 12.8. The second-order valence-corrected chi connectivity index (χ2v) is 6.29. The van der Waals surface area contributed by atoms with Gasteiger partial charge in [-0.05, 0) is 42.7 Å². The van der Waals surface area contributed by atoms with E-state index in [0.717, 1.165) is 57.6 Å². The molecular weight excluding hydrogens is 326 g/mol. The van der Waals surface area contributed by atoms with E-state index in [4.69, 9.17) is 9.72 Å². The van der Waals surface area contributed by atoms with Gasteiger partial charge in [0.05, 0.1) is 29.9 Å². The van der Waals surface area contributed by atoms with Crippen molar-refractivity contribution in [2.24, 2.45) is 4.99 Å². The van der Waals surface area contributed by atoms with Gasteiger partial charge in [-0.2, -0.15) is 5.10 Å². The van der Waals surface area contributed by atoms with Crippen LogP contribution < -0.4 is 10.1 Å². The topological polar surface area (TPSA) is 75.2 Å². The number of benzene rings is 2. The molecule has 2 aromatic carbocycles. The number of nitrogens with zero attached hydrogens (tertiary/aromatic N) is 3. The molecule has 2 aromatic heterocycles. The quantitative estimate of drug-likeness (QED) is 0.574. The van der Waals surface area contributed by atoms with Gasteiger partial charge in [-0.25, -0.2) is 4.98 Å². The van der Waals surface area contributed by atoms with Crippen LogP contribution in [0.5, 0.6) is 5.75 Å². The number of anilines is 2. The zero-order valence-electron chi connectivity index (χ0n) is 14.3. The number of methoxy groups -OCH3 is 1. The number of aliphatic imine (C=N–C) groups is 1. The molecule has 0 aliphatic carbocycles. The molecule has 0 bridgehead atoms. The largest absolute Gasteiger partial charge is 0.496 e. The molecule has 0 spiro atoms. The smallest absolute Gasteiger partial charge is 0.157 e. The minimum atomic E-state index is 0.734. The first-order valence-corrected chi connectivity index (χ1v) is 8.56. The van der Waals surface area contributed by atoms with Gasteiger partial charge >= 0.3 is 0 Å². The Labute approximate surface area is 149 Å². The number of hydrogen-bond donors (Lipinski definition) is 2. The van der Waals surface area contributed by atoms with Gasteiger partial charge in [-0.3, -0.25) is 10.1 Å². The molecule has 0 radical (unpaired) electrons. The van der Waals surface area contributed by atoms with Crippen molar-refractivity contribution in [1.29, 1.82) is 0 Å². The Morgan fingerprint density at radius 1 is 1.19 bits per heavy atom. The maximum absolute atomic E-state index is 5.51. The van der Waals surface area contributed by atoms with E-state index in [0.29, 0.717) is 0 Å². The normalized spacial score (nSPS) is 13.1. The lowest BCUT2D eigenvalue weighted by molar-refractivity contribution is 0.420. The number of rotatable bonds is 3. The molecule has 0 saturated carbocycles. The van der Waals surface area contributed by atoms with E-state index in [1.807, 2.05) is 30.6 Å². The summed E-state index contributed by atoms with van der Waals surface area (Å²) in [6.45, 7) is 0. The van der Waals surface area contributed by atoms with Gasteiger partial charge in [0.15, 0.2) is 5.82 Å². The minimum Gasteiger partial charge on any atom is -0.496 e. The fraction of sp³-hybridized carbons (Fsp3) is 0.150. The SMILES string of the molecule is COc1cccc2nc(Nc3ccc4c(c3)N=CCC4)c3[nH]ncc3c12. The van der Waals surface area contributed by atoms with Crippen LogP contribution in [0.3, 0.4) is 0 Å². The third kappa shape index (κ3) is 2.30. The number of nitrogens with one attached hydrogen (secondary N) is 2. The third-order valence-corrected chi connectivity index (χ3v) is 4.72. The molecule has 3 heterocycles. The monoisotopic (exact) mass is 343 g/mol. The van der Waals surface area contributed by atoms with Crippen LogP contribution >= 0.6 is 0 Å². The first kappa shape index (κ1) is 14.9. The molecule has 26 heavy (non-hydrogen) atoms. The number of ether oxygens (including phenoxy) is 1. The van der Waals surface area contributed by atoms with Crippen LogP contribution in [0, 0.1) is 0 Å². The predicted molar refractivity (Wildman–Crippen MR) is 104 cm³/mol. The maximum Gasteiger partial charge on any atom is 0.157 e. The van der Waals surface area contributed by atoms with Gasteiger partial charge in [-0.1, -0.05) is 12.1 Å². The number of aromatic amines is 1. The first-order valence-electron chi connectivity index (χ1n) is 8.56. The molecule has 1 aliphatic rings. The Morgan fingerprint density at radius 3 is 3.08 bits per heavy atom. The van der Waals surface area contributed by atoms with Crippen molar-refractivity contribution < 1.29 is 4.74 Å². The van der Waals surface area contributed by atoms with Crippen LogP contribution in [0.25, 0.3) is 21.8 Å². The Balaban J connectivity index is 1.65. The van der Waals surface area contributed by atoms with Crippen molar-refractivity contribution in [2.75, 3.05) is 12.4 Å². The van der Waals surface area contributed by atoms with Gasteiger partial charge in [0.2, 0.25) is 0 Å². The van der Waals surface area contributed by atoms with Crippen LogP contribution in [0.2, 0.25) is 0 Å². The zero-order valence-corrected chi connectivity index (χ0v) is 14.3. The molecule has 0 amide bonds. The Morgan fingerprint density at radius 2 is 2.15 bits per heavy atom. The molecule has 2 N–H and O–H groups in total. The summed E-state index contributed by atoms with van der Waals surface area (Å²) in [6.07, 6.45) is 5.82. The molecule has 0 saturated heterocycles. The van der Waals surface area contributed by atoms with Crippen LogP contribution in [0.1, 0.15) is 12.0 Å². The second kappa shape index (κ2) is 5.84. The number of H-pyrrole nitrogens is 1. The number of hydrogen-bond acceptors (Lipinski definition) is 5. The zero-order chi connectivity index (χ0) is 17.5. The van der Waals surface area contributed by atoms with Crippen molar-refractivity contribution in [3.05, 3.63) is 48.2 Å². The third-order valence-electron chi connectivity index (χ3n) is 4.72. The lowest BCUT2D eigenvalue weighted by Gasteiger charge is -2.14. The number of aromatic nitrogens is 3. The van der Waals surface area contributed by atoms with E-state index in [2.05, 4.69) is 38.7 Å². The maximum atomic E-state index is 5.51. The lowest BCUT2D eigenvalue weighted by atomic mass is 10.0. The van der Waals surface area contributed by atoms with E-state index < -0.39 is 0 Å². The Hall–Kier alpha value is -3.41. The molecule has 0 fully saturated rings. The van der Waals surface area contributed by atoms with Crippen molar-refractivity contribution >= 4 is 45.2 Å². The summed E-state index contributed by atoms with van der Waals surface area (Å²) in [6, 6.07) is 12.1. The number of aryl methyl sites for hydroxylation is 1. The summed E-state index contributed by atoms with van der Waals surface area (Å²) >= 11 is 0. The van der Waals surface area contributed by atoms with Crippen LogP contribution in [0.4, 0.5) is 17.2 Å². The number of pyridine rings is 1. The van der Waals surface area contributed by atoms with Crippen LogP contribution in [-0.2, 0) is 6.42 Å². The minimum absolute atomic E-state index is 0.734. The second-order valence-electron chi connectivity index (χ2n) is 6.29. The van der Waals surface area contributed by atoms with Gasteiger partial charge in [-0.15, -0.1) is 0 Å². The average Bonchev–Trinajstić information content (AvgIpc) is 3.17. The fourth-order valence-corrected chi connectivity index (χ4v) is 3.47. The molecular formula is C20H17N5O. The summed E-state index contributed by atoms with van der Waals surface area (Å²) in [4.78, 5) is 9.29. The highest BCUT2D eigenvalue weighted by Crippen LogP contribution is 2.35. The molecule has 0 atom stereocenters. The van der Waals surface area contributed by atoms with Gasteiger partial charge in [0.25, 0.3) is 0 Å². The standard InChI is InChI=1S/C20H17N5O/c1-26-17-6-2-5-15-18(17)14-11-22-25-19(14)20(24-15)23-13-8-7-12-4-3-9-21-16(12)10-13/h2,5-11H,3-4H2,1H3,(H,22,25)(H,23,24). The van der Waals surface area contributed by atoms with E-state index in [1.165, 1.54) is 5.56 Å². The molecule has 6 heteroatoms. The molecule has 4 aromatic rings. The molecule has 1 aliphatic heterocycles. The summed E-state index contributed by atoms with van der Waals surface area (Å²) in [5, 5.41) is 12.6. The molecule has 128 valence electrons. The van der Waals surface area contributed by atoms with E-state index in [9.17, 15) is 0 Å². The Bertz CT molecular complexity index is 1160. The highest BCUT2D eigenvalue weighted by atomic mass is 16.5.